The number of allylic oxidation sites excluding steroid dienone is 1. The predicted molar refractivity (Wildman–Crippen MR) is 109 cm³/mol. The fraction of sp³-hybridized carbons (Fsp3) is 0.0909. The van der Waals surface area contributed by atoms with Gasteiger partial charge in [-0.3, -0.25) is 9.78 Å². The van der Waals surface area contributed by atoms with Crippen LogP contribution in [0, 0.1) is 0 Å². The molecule has 136 valence electrons. The number of hydrogen-bond acceptors (Lipinski definition) is 4. The lowest BCUT2D eigenvalue weighted by atomic mass is 10.1. The third-order valence-corrected chi connectivity index (χ3v) is 4.41. The molecule has 27 heavy (non-hydrogen) atoms. The van der Waals surface area contributed by atoms with E-state index in [0.717, 1.165) is 27.1 Å². The second-order valence-corrected chi connectivity index (χ2v) is 6.67. The Morgan fingerprint density at radius 1 is 1.15 bits per heavy atom. The maximum atomic E-state index is 12.2. The van der Waals surface area contributed by atoms with Gasteiger partial charge in [0.25, 0.3) is 0 Å². The first-order valence-electron chi connectivity index (χ1n) is 8.33. The van der Waals surface area contributed by atoms with Crippen molar-refractivity contribution >= 4 is 27.8 Å². The highest BCUT2D eigenvalue weighted by Gasteiger charge is 2.06. The van der Waals surface area contributed by atoms with Crippen molar-refractivity contribution in [1.82, 2.24) is 4.98 Å². The third kappa shape index (κ3) is 5.28. The van der Waals surface area contributed by atoms with Gasteiger partial charge in [0, 0.05) is 28.0 Å². The van der Waals surface area contributed by atoms with Gasteiger partial charge in [-0.15, -0.1) is 0 Å². The van der Waals surface area contributed by atoms with E-state index in [1.807, 2.05) is 42.5 Å². The Hall–Kier alpha value is -2.92. The molecule has 0 unspecified atom stereocenters. The summed E-state index contributed by atoms with van der Waals surface area (Å²) in [5.41, 5.74) is 2.35. The summed E-state index contributed by atoms with van der Waals surface area (Å²) in [5.74, 6) is 1.42. The Morgan fingerprint density at radius 3 is 2.67 bits per heavy atom. The Balaban J connectivity index is 1.73. The number of aromatic nitrogens is 1. The molecule has 2 aromatic carbocycles. The molecule has 0 saturated heterocycles. The lowest BCUT2D eigenvalue weighted by molar-refractivity contribution is 0.104. The van der Waals surface area contributed by atoms with Crippen molar-refractivity contribution in [3.63, 3.8) is 0 Å². The molecule has 0 radical (unpaired) electrons. The molecule has 0 fully saturated rings. The van der Waals surface area contributed by atoms with Crippen molar-refractivity contribution in [2.75, 3.05) is 7.11 Å². The molecule has 0 saturated carbocycles. The molecule has 3 rings (SSSR count). The maximum Gasteiger partial charge on any atom is 0.187 e. The summed E-state index contributed by atoms with van der Waals surface area (Å²) in [4.78, 5) is 16.1. The monoisotopic (exact) mass is 423 g/mol. The lowest BCUT2D eigenvalue weighted by Crippen LogP contribution is -1.99. The Morgan fingerprint density at radius 2 is 1.96 bits per heavy atom. The van der Waals surface area contributed by atoms with Crippen LogP contribution < -0.4 is 9.47 Å². The number of methoxy groups -OCH3 is 1. The van der Waals surface area contributed by atoms with Gasteiger partial charge in [0.1, 0.15) is 18.1 Å². The van der Waals surface area contributed by atoms with E-state index in [2.05, 4.69) is 20.9 Å². The van der Waals surface area contributed by atoms with Gasteiger partial charge < -0.3 is 9.47 Å². The standard InChI is InChI=1S/C22H18BrNO3/c1-26-22-11-5-16(4-10-21(25)17-3-2-12-24-14-17)13-18(22)15-27-20-8-6-19(23)7-9-20/h2-14H,15H2,1H3/b10-4+. The largest absolute Gasteiger partial charge is 0.496 e. The quantitative estimate of drug-likeness (QED) is 0.380. The molecule has 5 heteroatoms. The topological polar surface area (TPSA) is 48.4 Å². The summed E-state index contributed by atoms with van der Waals surface area (Å²) >= 11 is 3.40. The van der Waals surface area contributed by atoms with Gasteiger partial charge in [0.2, 0.25) is 0 Å². The molecule has 0 N–H and O–H groups in total. The van der Waals surface area contributed by atoms with Gasteiger partial charge >= 0.3 is 0 Å². The van der Waals surface area contributed by atoms with E-state index in [1.54, 1.807) is 37.7 Å². The number of rotatable bonds is 7. The van der Waals surface area contributed by atoms with E-state index >= 15 is 0 Å². The van der Waals surface area contributed by atoms with Crippen LogP contribution >= 0.6 is 15.9 Å². The van der Waals surface area contributed by atoms with E-state index in [9.17, 15) is 4.79 Å². The number of ketones is 1. The second kappa shape index (κ2) is 9.14. The summed E-state index contributed by atoms with van der Waals surface area (Å²) in [6, 6.07) is 16.8. The minimum Gasteiger partial charge on any atom is -0.496 e. The smallest absolute Gasteiger partial charge is 0.187 e. The zero-order chi connectivity index (χ0) is 19.1. The fourth-order valence-electron chi connectivity index (χ4n) is 2.48. The van der Waals surface area contributed by atoms with E-state index in [4.69, 9.17) is 9.47 Å². The summed E-state index contributed by atoms with van der Waals surface area (Å²) < 4.78 is 12.3. The number of carbonyl (C=O) groups excluding carboxylic acids is 1. The van der Waals surface area contributed by atoms with Crippen molar-refractivity contribution in [3.05, 3.63) is 94.2 Å². The zero-order valence-corrected chi connectivity index (χ0v) is 16.3. The van der Waals surface area contributed by atoms with Gasteiger partial charge in [-0.2, -0.15) is 0 Å². The normalized spacial score (nSPS) is 10.7. The molecule has 0 aliphatic carbocycles. The minimum atomic E-state index is -0.0911. The second-order valence-electron chi connectivity index (χ2n) is 5.75. The van der Waals surface area contributed by atoms with Crippen LogP contribution in [0.4, 0.5) is 0 Å². The van der Waals surface area contributed by atoms with Crippen molar-refractivity contribution in [3.8, 4) is 11.5 Å². The molecule has 4 nitrogen and oxygen atoms in total. The first kappa shape index (κ1) is 18.9. The van der Waals surface area contributed by atoms with Crippen LogP contribution in [0.3, 0.4) is 0 Å². The van der Waals surface area contributed by atoms with Crippen molar-refractivity contribution in [2.45, 2.75) is 6.61 Å². The molecule has 0 amide bonds. The van der Waals surface area contributed by atoms with Crippen LogP contribution in [0.15, 0.2) is 77.5 Å². The summed E-state index contributed by atoms with van der Waals surface area (Å²) in [7, 11) is 1.62. The summed E-state index contributed by atoms with van der Waals surface area (Å²) in [6.07, 6.45) is 6.51. The highest BCUT2D eigenvalue weighted by atomic mass is 79.9. The number of carbonyl (C=O) groups is 1. The summed E-state index contributed by atoms with van der Waals surface area (Å²) in [5, 5.41) is 0. The third-order valence-electron chi connectivity index (χ3n) is 3.89. The zero-order valence-electron chi connectivity index (χ0n) is 14.8. The van der Waals surface area contributed by atoms with Gasteiger partial charge in [0.15, 0.2) is 5.78 Å². The van der Waals surface area contributed by atoms with E-state index < -0.39 is 0 Å². The molecule has 0 atom stereocenters. The van der Waals surface area contributed by atoms with Crippen molar-refractivity contribution in [1.29, 1.82) is 0 Å². The molecular formula is C22H18BrNO3. The van der Waals surface area contributed by atoms with E-state index in [0.29, 0.717) is 12.2 Å². The first-order valence-corrected chi connectivity index (χ1v) is 9.13. The summed E-state index contributed by atoms with van der Waals surface area (Å²) in [6.45, 7) is 0.364. The molecular weight excluding hydrogens is 406 g/mol. The maximum absolute atomic E-state index is 12.2. The number of pyridine rings is 1. The van der Waals surface area contributed by atoms with Gasteiger partial charge in [-0.25, -0.2) is 0 Å². The highest BCUT2D eigenvalue weighted by Crippen LogP contribution is 2.24. The Bertz CT molecular complexity index is 938. The average molecular weight is 424 g/mol. The molecule has 0 aliphatic heterocycles. The lowest BCUT2D eigenvalue weighted by Gasteiger charge is -2.11. The van der Waals surface area contributed by atoms with E-state index in [-0.39, 0.29) is 5.78 Å². The number of hydrogen-bond donors (Lipinski definition) is 0. The van der Waals surface area contributed by atoms with Crippen LogP contribution in [0.2, 0.25) is 0 Å². The average Bonchev–Trinajstić information content (AvgIpc) is 2.72. The number of benzene rings is 2. The van der Waals surface area contributed by atoms with Crippen LogP contribution in [0.1, 0.15) is 21.5 Å². The molecule has 3 aromatic rings. The minimum absolute atomic E-state index is 0.0911. The van der Waals surface area contributed by atoms with Gasteiger partial charge in [-0.05, 0) is 60.2 Å². The van der Waals surface area contributed by atoms with Crippen LogP contribution in [-0.4, -0.2) is 17.9 Å². The van der Waals surface area contributed by atoms with Crippen molar-refractivity contribution in [2.24, 2.45) is 0 Å². The molecule has 0 bridgehead atoms. The Labute approximate surface area is 166 Å². The molecule has 1 heterocycles. The number of nitrogens with zero attached hydrogens (tertiary/aromatic N) is 1. The highest BCUT2D eigenvalue weighted by molar-refractivity contribution is 9.10. The molecule has 1 aromatic heterocycles. The molecule has 0 aliphatic rings. The van der Waals surface area contributed by atoms with Gasteiger partial charge in [0.05, 0.1) is 7.11 Å². The Kier molecular flexibility index (Phi) is 6.39. The first-order chi connectivity index (χ1) is 13.2. The van der Waals surface area contributed by atoms with Crippen molar-refractivity contribution < 1.29 is 14.3 Å². The van der Waals surface area contributed by atoms with Crippen LogP contribution in [0.25, 0.3) is 6.08 Å². The van der Waals surface area contributed by atoms with Gasteiger partial charge in [-0.1, -0.05) is 28.1 Å². The number of ether oxygens (including phenoxy) is 2. The number of halogens is 1. The predicted octanol–water partition coefficient (Wildman–Crippen LogP) is 5.33. The van der Waals surface area contributed by atoms with Crippen LogP contribution in [0.5, 0.6) is 11.5 Å². The van der Waals surface area contributed by atoms with E-state index in [1.165, 1.54) is 6.08 Å². The molecule has 0 spiro atoms. The fourth-order valence-corrected chi connectivity index (χ4v) is 2.75. The van der Waals surface area contributed by atoms with Crippen LogP contribution in [-0.2, 0) is 6.61 Å². The SMILES string of the molecule is COc1ccc(/C=C/C(=O)c2cccnc2)cc1COc1ccc(Br)cc1.